The van der Waals surface area contributed by atoms with Crippen molar-refractivity contribution in [2.24, 2.45) is 0 Å². The quantitative estimate of drug-likeness (QED) is 0.778. The Morgan fingerprint density at radius 1 is 1.29 bits per heavy atom. The van der Waals surface area contributed by atoms with Crippen molar-refractivity contribution in [3.05, 3.63) is 33.8 Å². The predicted octanol–water partition coefficient (Wildman–Crippen LogP) is 2.49. The highest BCUT2D eigenvalue weighted by Crippen LogP contribution is 2.23. The summed E-state index contributed by atoms with van der Waals surface area (Å²) in [6, 6.07) is 5.03. The molecule has 21 heavy (non-hydrogen) atoms. The Hall–Kier alpha value is -1.40. The zero-order chi connectivity index (χ0) is 15.4. The maximum Gasteiger partial charge on any atom is 0.337 e. The Balaban J connectivity index is 2.26. The van der Waals surface area contributed by atoms with Gasteiger partial charge in [0, 0.05) is 23.7 Å². The monoisotopic (exact) mass is 355 g/mol. The van der Waals surface area contributed by atoms with E-state index in [1.165, 1.54) is 7.11 Å². The number of esters is 1. The Kier molecular flexibility index (Phi) is 5.36. The summed E-state index contributed by atoms with van der Waals surface area (Å²) in [6.45, 7) is 1.25. The SMILES string of the molecule is COC[C@H]1CCCN1C(=O)c1cc(Br)cc(C(=O)OC)c1. The molecule has 0 N–H and O–H groups in total. The zero-order valence-corrected chi connectivity index (χ0v) is 13.7. The van der Waals surface area contributed by atoms with Gasteiger partial charge in [0.25, 0.3) is 5.91 Å². The third kappa shape index (κ3) is 3.63. The van der Waals surface area contributed by atoms with Crippen LogP contribution in [0.3, 0.4) is 0 Å². The van der Waals surface area contributed by atoms with Crippen LogP contribution in [0.5, 0.6) is 0 Å². The molecule has 1 heterocycles. The number of hydrogen-bond acceptors (Lipinski definition) is 4. The van der Waals surface area contributed by atoms with Crippen LogP contribution in [-0.4, -0.2) is 50.2 Å². The van der Waals surface area contributed by atoms with Gasteiger partial charge in [-0.1, -0.05) is 15.9 Å². The first-order chi connectivity index (χ1) is 10.1. The molecule has 2 rings (SSSR count). The van der Waals surface area contributed by atoms with Crippen LogP contribution in [0.4, 0.5) is 0 Å². The molecule has 0 aromatic heterocycles. The number of likely N-dealkylation sites (tertiary alicyclic amines) is 1. The van der Waals surface area contributed by atoms with Crippen LogP contribution in [0.2, 0.25) is 0 Å². The zero-order valence-electron chi connectivity index (χ0n) is 12.1. The highest BCUT2D eigenvalue weighted by atomic mass is 79.9. The number of carbonyl (C=O) groups excluding carboxylic acids is 2. The van der Waals surface area contributed by atoms with Gasteiger partial charge in [0.2, 0.25) is 0 Å². The van der Waals surface area contributed by atoms with Crippen molar-refractivity contribution in [2.45, 2.75) is 18.9 Å². The number of rotatable bonds is 4. The smallest absolute Gasteiger partial charge is 0.337 e. The van der Waals surface area contributed by atoms with Gasteiger partial charge in [0.05, 0.1) is 25.3 Å². The van der Waals surface area contributed by atoms with Crippen LogP contribution < -0.4 is 0 Å². The highest BCUT2D eigenvalue weighted by molar-refractivity contribution is 9.10. The third-order valence-electron chi connectivity index (χ3n) is 3.56. The van der Waals surface area contributed by atoms with Crippen molar-refractivity contribution >= 4 is 27.8 Å². The average Bonchev–Trinajstić information content (AvgIpc) is 2.93. The van der Waals surface area contributed by atoms with Gasteiger partial charge in [-0.25, -0.2) is 4.79 Å². The molecule has 1 amide bonds. The lowest BCUT2D eigenvalue weighted by molar-refractivity contribution is 0.0600. The molecule has 5 nitrogen and oxygen atoms in total. The Morgan fingerprint density at radius 3 is 2.67 bits per heavy atom. The predicted molar refractivity (Wildman–Crippen MR) is 81.4 cm³/mol. The van der Waals surface area contributed by atoms with Gasteiger partial charge in [-0.2, -0.15) is 0 Å². The second-order valence-corrected chi connectivity index (χ2v) is 5.89. The Morgan fingerprint density at radius 2 is 2.00 bits per heavy atom. The molecule has 1 aliphatic heterocycles. The molecule has 0 spiro atoms. The van der Waals surface area contributed by atoms with Gasteiger partial charge in [-0.15, -0.1) is 0 Å². The van der Waals surface area contributed by atoms with Crippen molar-refractivity contribution in [1.82, 2.24) is 4.90 Å². The first-order valence-electron chi connectivity index (χ1n) is 6.75. The second-order valence-electron chi connectivity index (χ2n) is 4.97. The Bertz CT molecular complexity index is 546. The van der Waals surface area contributed by atoms with Crippen LogP contribution in [0, 0.1) is 0 Å². The fourth-order valence-corrected chi connectivity index (χ4v) is 3.08. The fourth-order valence-electron chi connectivity index (χ4n) is 2.58. The fraction of sp³-hybridized carbons (Fsp3) is 0.467. The van der Waals surface area contributed by atoms with Crippen LogP contribution >= 0.6 is 15.9 Å². The average molecular weight is 356 g/mol. The van der Waals surface area contributed by atoms with Gasteiger partial charge < -0.3 is 14.4 Å². The van der Waals surface area contributed by atoms with Crippen molar-refractivity contribution in [2.75, 3.05) is 27.4 Å². The summed E-state index contributed by atoms with van der Waals surface area (Å²) in [6.07, 6.45) is 1.91. The van der Waals surface area contributed by atoms with E-state index in [1.54, 1.807) is 25.3 Å². The lowest BCUT2D eigenvalue weighted by Crippen LogP contribution is -2.38. The van der Waals surface area contributed by atoms with Crippen LogP contribution in [0.1, 0.15) is 33.6 Å². The summed E-state index contributed by atoms with van der Waals surface area (Å²) in [5, 5.41) is 0. The molecule has 0 radical (unpaired) electrons. The van der Waals surface area contributed by atoms with E-state index in [9.17, 15) is 9.59 Å². The first-order valence-corrected chi connectivity index (χ1v) is 7.55. The van der Waals surface area contributed by atoms with Gasteiger partial charge >= 0.3 is 5.97 Å². The van der Waals surface area contributed by atoms with E-state index in [1.807, 2.05) is 4.90 Å². The molecule has 0 unspecified atom stereocenters. The number of nitrogens with zero attached hydrogens (tertiary/aromatic N) is 1. The lowest BCUT2D eigenvalue weighted by Gasteiger charge is -2.24. The van der Waals surface area contributed by atoms with E-state index in [-0.39, 0.29) is 11.9 Å². The molecule has 114 valence electrons. The molecule has 1 aliphatic rings. The van der Waals surface area contributed by atoms with E-state index >= 15 is 0 Å². The standard InChI is InChI=1S/C15H18BrNO4/c1-20-9-13-4-3-5-17(13)14(18)10-6-11(15(19)21-2)8-12(16)7-10/h6-8,13H,3-5,9H2,1-2H3/t13-/m1/s1. The summed E-state index contributed by atoms with van der Waals surface area (Å²) in [7, 11) is 2.95. The second kappa shape index (κ2) is 7.04. The molecule has 1 fully saturated rings. The van der Waals surface area contributed by atoms with Gasteiger partial charge in [0.15, 0.2) is 0 Å². The third-order valence-corrected chi connectivity index (χ3v) is 4.02. The number of halogens is 1. The minimum atomic E-state index is -0.458. The molecule has 1 atom stereocenters. The lowest BCUT2D eigenvalue weighted by atomic mass is 10.1. The van der Waals surface area contributed by atoms with Gasteiger partial charge in [-0.05, 0) is 31.0 Å². The summed E-state index contributed by atoms with van der Waals surface area (Å²) in [5.74, 6) is -0.541. The highest BCUT2D eigenvalue weighted by Gasteiger charge is 2.29. The van der Waals surface area contributed by atoms with Crippen molar-refractivity contribution in [3.63, 3.8) is 0 Å². The van der Waals surface area contributed by atoms with E-state index in [2.05, 4.69) is 15.9 Å². The molecule has 1 aromatic rings. The van der Waals surface area contributed by atoms with Gasteiger partial charge in [0.1, 0.15) is 0 Å². The minimum Gasteiger partial charge on any atom is -0.465 e. The Labute approximate surface area is 132 Å². The summed E-state index contributed by atoms with van der Waals surface area (Å²) in [5.41, 5.74) is 0.838. The maximum absolute atomic E-state index is 12.6. The number of carbonyl (C=O) groups is 2. The maximum atomic E-state index is 12.6. The van der Waals surface area contributed by atoms with E-state index in [0.717, 1.165) is 12.8 Å². The molecule has 0 bridgehead atoms. The number of benzene rings is 1. The van der Waals surface area contributed by atoms with Crippen molar-refractivity contribution < 1.29 is 19.1 Å². The van der Waals surface area contributed by atoms with Crippen molar-refractivity contribution in [1.29, 1.82) is 0 Å². The molecule has 0 saturated carbocycles. The molecular weight excluding hydrogens is 338 g/mol. The van der Waals surface area contributed by atoms with Crippen LogP contribution in [-0.2, 0) is 9.47 Å². The number of amides is 1. The topological polar surface area (TPSA) is 55.8 Å². The molecular formula is C15H18BrNO4. The number of ether oxygens (including phenoxy) is 2. The molecule has 1 saturated heterocycles. The van der Waals surface area contributed by atoms with E-state index < -0.39 is 5.97 Å². The summed E-state index contributed by atoms with van der Waals surface area (Å²) in [4.78, 5) is 26.1. The van der Waals surface area contributed by atoms with E-state index in [4.69, 9.17) is 9.47 Å². The van der Waals surface area contributed by atoms with Crippen molar-refractivity contribution in [3.8, 4) is 0 Å². The largest absolute Gasteiger partial charge is 0.465 e. The van der Waals surface area contributed by atoms with E-state index in [0.29, 0.717) is 28.8 Å². The summed E-state index contributed by atoms with van der Waals surface area (Å²) < 4.78 is 10.6. The van der Waals surface area contributed by atoms with Crippen LogP contribution in [0.15, 0.2) is 22.7 Å². The van der Waals surface area contributed by atoms with Crippen LogP contribution in [0.25, 0.3) is 0 Å². The summed E-state index contributed by atoms with van der Waals surface area (Å²) >= 11 is 3.33. The number of hydrogen-bond donors (Lipinski definition) is 0. The normalized spacial score (nSPS) is 17.9. The van der Waals surface area contributed by atoms with Gasteiger partial charge in [-0.3, -0.25) is 4.79 Å². The minimum absolute atomic E-state index is 0.0824. The molecule has 1 aromatic carbocycles. The first kappa shape index (κ1) is 16.0. The molecule has 0 aliphatic carbocycles. The molecule has 6 heteroatoms. The number of methoxy groups -OCH3 is 2.